The zero-order valence-electron chi connectivity index (χ0n) is 9.79. The maximum absolute atomic E-state index is 11.4. The molecule has 0 aliphatic rings. The number of amides is 1. The summed E-state index contributed by atoms with van der Waals surface area (Å²) in [6.45, 7) is 4.45. The molecule has 0 aromatic carbocycles. The summed E-state index contributed by atoms with van der Waals surface area (Å²) in [5.74, 6) is 1.50. The Morgan fingerprint density at radius 2 is 2.20 bits per heavy atom. The number of ether oxygens (including phenoxy) is 1. The molecule has 3 N–H and O–H groups in total. The molecule has 15 heavy (non-hydrogen) atoms. The highest BCUT2D eigenvalue weighted by molar-refractivity contribution is 7.99. The number of hydrogen-bond acceptors (Lipinski definition) is 4. The summed E-state index contributed by atoms with van der Waals surface area (Å²) < 4.78 is 4.92. The molecule has 0 radical (unpaired) electrons. The second kappa shape index (κ2) is 9.00. The lowest BCUT2D eigenvalue weighted by molar-refractivity contribution is -0.119. The third kappa shape index (κ3) is 10.0. The largest absolute Gasteiger partial charge is 0.383 e. The van der Waals surface area contributed by atoms with Crippen LogP contribution in [0.15, 0.2) is 0 Å². The number of carbonyl (C=O) groups excluding carboxylic acids is 1. The molecule has 2 atom stereocenters. The van der Waals surface area contributed by atoms with Crippen molar-refractivity contribution in [2.75, 3.05) is 25.2 Å². The van der Waals surface area contributed by atoms with Crippen molar-refractivity contribution in [3.63, 3.8) is 0 Å². The molecule has 2 unspecified atom stereocenters. The van der Waals surface area contributed by atoms with Crippen LogP contribution >= 0.6 is 11.8 Å². The summed E-state index contributed by atoms with van der Waals surface area (Å²) in [6.07, 6.45) is 0.950. The Labute approximate surface area is 96.3 Å². The molecule has 0 aliphatic carbocycles. The highest BCUT2D eigenvalue weighted by atomic mass is 32.2. The normalized spacial score (nSPS) is 14.7. The molecular formula is C10H22N2O2S. The first-order chi connectivity index (χ1) is 7.06. The van der Waals surface area contributed by atoms with Gasteiger partial charge in [-0.05, 0) is 26.0 Å². The van der Waals surface area contributed by atoms with Gasteiger partial charge in [-0.1, -0.05) is 0 Å². The van der Waals surface area contributed by atoms with E-state index in [1.807, 2.05) is 13.8 Å². The van der Waals surface area contributed by atoms with Gasteiger partial charge in [-0.3, -0.25) is 4.79 Å². The van der Waals surface area contributed by atoms with Gasteiger partial charge in [0.25, 0.3) is 0 Å². The molecule has 90 valence electrons. The fourth-order valence-corrected chi connectivity index (χ4v) is 1.99. The molecular weight excluding hydrogens is 212 g/mol. The second-order valence-electron chi connectivity index (χ2n) is 3.74. The number of carbonyl (C=O) groups is 1. The molecule has 0 rings (SSSR count). The maximum Gasteiger partial charge on any atom is 0.230 e. The lowest BCUT2D eigenvalue weighted by Gasteiger charge is -2.12. The van der Waals surface area contributed by atoms with Crippen molar-refractivity contribution in [2.24, 2.45) is 5.73 Å². The average molecular weight is 234 g/mol. The molecule has 5 heteroatoms. The topological polar surface area (TPSA) is 64.3 Å². The fourth-order valence-electron chi connectivity index (χ4n) is 1.04. The average Bonchev–Trinajstić information content (AvgIpc) is 2.12. The molecule has 4 nitrogen and oxygen atoms in total. The van der Waals surface area contributed by atoms with Crippen LogP contribution < -0.4 is 11.1 Å². The van der Waals surface area contributed by atoms with Gasteiger partial charge in [0.1, 0.15) is 0 Å². The van der Waals surface area contributed by atoms with Crippen LogP contribution in [0.4, 0.5) is 0 Å². The molecule has 0 saturated carbocycles. The SMILES string of the molecule is COCC(C)NC(=O)CSCCC(C)N. The Balaban J connectivity index is 3.40. The van der Waals surface area contributed by atoms with Crippen LogP contribution in [0.2, 0.25) is 0 Å². The van der Waals surface area contributed by atoms with Gasteiger partial charge in [0.05, 0.1) is 12.4 Å². The van der Waals surface area contributed by atoms with Crippen LogP contribution in [0, 0.1) is 0 Å². The van der Waals surface area contributed by atoms with Crippen molar-refractivity contribution in [1.82, 2.24) is 5.32 Å². The van der Waals surface area contributed by atoms with Crippen LogP contribution in [0.5, 0.6) is 0 Å². The van der Waals surface area contributed by atoms with E-state index in [9.17, 15) is 4.79 Å². The van der Waals surface area contributed by atoms with E-state index in [1.54, 1.807) is 18.9 Å². The van der Waals surface area contributed by atoms with Crippen LogP contribution in [0.25, 0.3) is 0 Å². The molecule has 1 amide bonds. The zero-order chi connectivity index (χ0) is 11.7. The van der Waals surface area contributed by atoms with E-state index in [4.69, 9.17) is 10.5 Å². The summed E-state index contributed by atoms with van der Waals surface area (Å²) in [6, 6.07) is 0.296. The fraction of sp³-hybridized carbons (Fsp3) is 0.900. The van der Waals surface area contributed by atoms with E-state index < -0.39 is 0 Å². The minimum Gasteiger partial charge on any atom is -0.383 e. The van der Waals surface area contributed by atoms with E-state index in [1.165, 1.54) is 0 Å². The van der Waals surface area contributed by atoms with Crippen LogP contribution in [-0.2, 0) is 9.53 Å². The van der Waals surface area contributed by atoms with E-state index >= 15 is 0 Å². The Morgan fingerprint density at radius 3 is 2.73 bits per heavy atom. The highest BCUT2D eigenvalue weighted by Crippen LogP contribution is 2.03. The zero-order valence-corrected chi connectivity index (χ0v) is 10.6. The molecule has 0 fully saturated rings. The number of nitrogens with two attached hydrogens (primary N) is 1. The molecule has 0 aliphatic heterocycles. The van der Waals surface area contributed by atoms with Crippen molar-refractivity contribution in [1.29, 1.82) is 0 Å². The summed E-state index contributed by atoms with van der Waals surface area (Å²) in [5, 5.41) is 2.85. The van der Waals surface area contributed by atoms with Gasteiger partial charge in [-0.2, -0.15) is 11.8 Å². The lowest BCUT2D eigenvalue weighted by atomic mass is 10.3. The summed E-state index contributed by atoms with van der Waals surface area (Å²) in [7, 11) is 1.63. The third-order valence-electron chi connectivity index (χ3n) is 1.77. The van der Waals surface area contributed by atoms with E-state index in [0.29, 0.717) is 12.4 Å². The molecule has 0 heterocycles. The number of hydrogen-bond donors (Lipinski definition) is 2. The monoisotopic (exact) mass is 234 g/mol. The van der Waals surface area contributed by atoms with Crippen molar-refractivity contribution >= 4 is 17.7 Å². The Kier molecular flexibility index (Phi) is 8.85. The summed E-state index contributed by atoms with van der Waals surface area (Å²) >= 11 is 1.62. The predicted molar refractivity (Wildman–Crippen MR) is 65.1 cm³/mol. The molecule has 0 spiro atoms. The van der Waals surface area contributed by atoms with Crippen LogP contribution in [0.3, 0.4) is 0 Å². The summed E-state index contributed by atoms with van der Waals surface area (Å²) in [4.78, 5) is 11.4. The first-order valence-corrected chi connectivity index (χ1v) is 6.33. The Hall–Kier alpha value is -0.260. The molecule has 0 bridgehead atoms. The van der Waals surface area contributed by atoms with Crippen molar-refractivity contribution in [3.8, 4) is 0 Å². The number of thioether (sulfide) groups is 1. The number of rotatable bonds is 8. The van der Waals surface area contributed by atoms with Crippen molar-refractivity contribution in [2.45, 2.75) is 32.4 Å². The highest BCUT2D eigenvalue weighted by Gasteiger charge is 2.06. The van der Waals surface area contributed by atoms with E-state index in [0.717, 1.165) is 12.2 Å². The Morgan fingerprint density at radius 1 is 1.53 bits per heavy atom. The quantitative estimate of drug-likeness (QED) is 0.604. The molecule has 0 aromatic heterocycles. The third-order valence-corrected chi connectivity index (χ3v) is 2.77. The Bertz CT molecular complexity index is 177. The predicted octanol–water partition coefficient (Wildman–Crippen LogP) is 0.608. The van der Waals surface area contributed by atoms with Gasteiger partial charge in [0.2, 0.25) is 5.91 Å². The van der Waals surface area contributed by atoms with Gasteiger partial charge in [0, 0.05) is 19.2 Å². The minimum atomic E-state index is 0.0641. The summed E-state index contributed by atoms with van der Waals surface area (Å²) in [5.41, 5.74) is 5.60. The van der Waals surface area contributed by atoms with Gasteiger partial charge >= 0.3 is 0 Å². The van der Waals surface area contributed by atoms with E-state index in [2.05, 4.69) is 5.32 Å². The lowest BCUT2D eigenvalue weighted by Crippen LogP contribution is -2.36. The smallest absolute Gasteiger partial charge is 0.230 e. The van der Waals surface area contributed by atoms with Crippen molar-refractivity contribution < 1.29 is 9.53 Å². The van der Waals surface area contributed by atoms with Gasteiger partial charge in [-0.15, -0.1) is 0 Å². The van der Waals surface area contributed by atoms with Crippen molar-refractivity contribution in [3.05, 3.63) is 0 Å². The van der Waals surface area contributed by atoms with Crippen LogP contribution in [-0.4, -0.2) is 43.2 Å². The van der Waals surface area contributed by atoms with Gasteiger partial charge < -0.3 is 15.8 Å². The minimum absolute atomic E-state index is 0.0641. The van der Waals surface area contributed by atoms with Gasteiger partial charge in [0.15, 0.2) is 0 Å². The number of methoxy groups -OCH3 is 1. The first-order valence-electron chi connectivity index (χ1n) is 5.18. The standard InChI is InChI=1S/C10H22N2O2S/c1-8(11)4-5-15-7-10(13)12-9(2)6-14-3/h8-9H,4-7,11H2,1-3H3,(H,12,13). The second-order valence-corrected chi connectivity index (χ2v) is 4.85. The number of nitrogens with one attached hydrogen (secondary N) is 1. The molecule has 0 saturated heterocycles. The van der Waals surface area contributed by atoms with Crippen LogP contribution in [0.1, 0.15) is 20.3 Å². The maximum atomic E-state index is 11.4. The molecule has 0 aromatic rings. The van der Waals surface area contributed by atoms with Gasteiger partial charge in [-0.25, -0.2) is 0 Å². The van der Waals surface area contributed by atoms with E-state index in [-0.39, 0.29) is 18.0 Å². The first kappa shape index (κ1) is 14.7.